The Kier molecular flexibility index (Phi) is 2.43. The number of nitrogens with zero attached hydrogens (tertiary/aromatic N) is 1. The van der Waals surface area contributed by atoms with E-state index in [1.165, 1.54) is 51.6 Å². The second-order valence-electron chi connectivity index (χ2n) is 7.40. The number of ketones is 1. The van der Waals surface area contributed by atoms with Crippen molar-refractivity contribution in [2.45, 2.75) is 57.4 Å². The van der Waals surface area contributed by atoms with Crippen molar-refractivity contribution in [3.8, 4) is 0 Å². The molecule has 2 bridgehead atoms. The lowest BCUT2D eigenvalue weighted by molar-refractivity contribution is -0.172. The van der Waals surface area contributed by atoms with E-state index in [-0.39, 0.29) is 0 Å². The van der Waals surface area contributed by atoms with Crippen molar-refractivity contribution in [3.63, 3.8) is 0 Å². The van der Waals surface area contributed by atoms with Crippen LogP contribution >= 0.6 is 0 Å². The molecule has 4 rings (SSSR count). The van der Waals surface area contributed by atoms with Crippen molar-refractivity contribution >= 4 is 5.78 Å². The topological polar surface area (TPSA) is 20.3 Å². The molecule has 0 aromatic carbocycles. The third-order valence-corrected chi connectivity index (χ3v) is 6.50. The fourth-order valence-corrected chi connectivity index (χ4v) is 6.18. The highest BCUT2D eigenvalue weighted by molar-refractivity contribution is 5.84. The molecule has 100 valence electrons. The molecule has 4 aliphatic rings. The molecular weight excluding hydrogens is 222 g/mol. The van der Waals surface area contributed by atoms with Gasteiger partial charge in [-0.1, -0.05) is 6.92 Å². The van der Waals surface area contributed by atoms with Gasteiger partial charge in [0.2, 0.25) is 0 Å². The van der Waals surface area contributed by atoms with Crippen molar-refractivity contribution in [3.05, 3.63) is 0 Å². The van der Waals surface area contributed by atoms with Crippen LogP contribution in [0, 0.1) is 23.7 Å². The van der Waals surface area contributed by atoms with E-state index in [2.05, 4.69) is 11.8 Å². The first kappa shape index (κ1) is 11.5. The van der Waals surface area contributed by atoms with Crippen LogP contribution in [-0.2, 0) is 4.79 Å². The summed E-state index contributed by atoms with van der Waals surface area (Å²) in [7, 11) is 0. The van der Waals surface area contributed by atoms with Crippen LogP contribution < -0.4 is 0 Å². The van der Waals surface area contributed by atoms with Gasteiger partial charge in [-0.2, -0.15) is 0 Å². The van der Waals surface area contributed by atoms with E-state index in [9.17, 15) is 4.79 Å². The predicted octanol–water partition coefficient (Wildman–Crippen LogP) is 2.87. The highest BCUT2D eigenvalue weighted by atomic mass is 16.1. The van der Waals surface area contributed by atoms with Crippen molar-refractivity contribution in [1.29, 1.82) is 0 Å². The zero-order chi connectivity index (χ0) is 12.3. The van der Waals surface area contributed by atoms with Crippen LogP contribution in [-0.4, -0.2) is 29.3 Å². The van der Waals surface area contributed by atoms with Gasteiger partial charge in [-0.05, 0) is 69.4 Å². The molecule has 1 spiro atoms. The van der Waals surface area contributed by atoms with Gasteiger partial charge in [0.05, 0.1) is 0 Å². The van der Waals surface area contributed by atoms with Crippen LogP contribution in [0.3, 0.4) is 0 Å². The lowest BCUT2D eigenvalue weighted by Crippen LogP contribution is -2.71. The van der Waals surface area contributed by atoms with E-state index in [0.29, 0.717) is 17.2 Å². The molecule has 0 radical (unpaired) electrons. The molecule has 1 unspecified atom stereocenters. The summed E-state index contributed by atoms with van der Waals surface area (Å²) < 4.78 is 0. The number of piperidine rings is 2. The van der Waals surface area contributed by atoms with Gasteiger partial charge in [-0.25, -0.2) is 0 Å². The molecule has 0 aromatic heterocycles. The summed E-state index contributed by atoms with van der Waals surface area (Å²) >= 11 is 0. The summed E-state index contributed by atoms with van der Waals surface area (Å²) in [5, 5.41) is 0. The minimum Gasteiger partial charge on any atom is -0.299 e. The average Bonchev–Trinajstić information content (AvgIpc) is 2.33. The summed E-state index contributed by atoms with van der Waals surface area (Å²) in [6.07, 6.45) is 8.75. The predicted molar refractivity (Wildman–Crippen MR) is 71.3 cm³/mol. The summed E-state index contributed by atoms with van der Waals surface area (Å²) in [5.74, 6) is 3.43. The Morgan fingerprint density at radius 2 is 2.00 bits per heavy atom. The highest BCUT2D eigenvalue weighted by Gasteiger charge is 2.62. The number of Topliss-reactive ketones (excluding diaryl/α,β-unsaturated/α-hetero) is 1. The largest absolute Gasteiger partial charge is 0.299 e. The molecular formula is C16H25NO. The summed E-state index contributed by atoms with van der Waals surface area (Å²) in [5.41, 5.74) is 0.314. The van der Waals surface area contributed by atoms with E-state index in [0.717, 1.165) is 24.2 Å². The number of carbonyl (C=O) groups excluding carboxylic acids is 1. The van der Waals surface area contributed by atoms with E-state index in [4.69, 9.17) is 0 Å². The quantitative estimate of drug-likeness (QED) is 0.656. The molecule has 2 saturated heterocycles. The lowest BCUT2D eigenvalue weighted by atomic mass is 9.48. The number of rotatable bonds is 0. The van der Waals surface area contributed by atoms with Gasteiger partial charge in [0.15, 0.2) is 0 Å². The van der Waals surface area contributed by atoms with Crippen LogP contribution in [0.5, 0.6) is 0 Å². The molecule has 2 saturated carbocycles. The van der Waals surface area contributed by atoms with Gasteiger partial charge in [0.1, 0.15) is 5.78 Å². The Morgan fingerprint density at radius 1 is 1.22 bits per heavy atom. The SMILES string of the molecule is C[C@@H]1C[C@H]2CC(=O)[C@H]3CCCN4CCC[C@H]2C34C1. The summed E-state index contributed by atoms with van der Waals surface area (Å²) in [6, 6.07) is 0. The van der Waals surface area contributed by atoms with Crippen LogP contribution in [0.1, 0.15) is 51.9 Å². The lowest BCUT2D eigenvalue weighted by Gasteiger charge is -2.65. The summed E-state index contributed by atoms with van der Waals surface area (Å²) in [6.45, 7) is 4.95. The first-order valence-corrected chi connectivity index (χ1v) is 7.99. The zero-order valence-electron chi connectivity index (χ0n) is 11.5. The van der Waals surface area contributed by atoms with Crippen LogP contribution in [0.4, 0.5) is 0 Å². The number of hydrogen-bond donors (Lipinski definition) is 0. The minimum atomic E-state index is 0.314. The molecule has 2 heterocycles. The van der Waals surface area contributed by atoms with Crippen LogP contribution in [0.15, 0.2) is 0 Å². The Balaban J connectivity index is 1.82. The smallest absolute Gasteiger partial charge is 0.138 e. The van der Waals surface area contributed by atoms with E-state index in [1.54, 1.807) is 0 Å². The molecule has 4 fully saturated rings. The zero-order valence-corrected chi connectivity index (χ0v) is 11.5. The maximum absolute atomic E-state index is 12.5. The fraction of sp³-hybridized carbons (Fsp3) is 0.938. The van der Waals surface area contributed by atoms with Crippen molar-refractivity contribution in [2.24, 2.45) is 23.7 Å². The van der Waals surface area contributed by atoms with Crippen molar-refractivity contribution in [2.75, 3.05) is 13.1 Å². The van der Waals surface area contributed by atoms with Crippen molar-refractivity contribution in [1.82, 2.24) is 4.90 Å². The van der Waals surface area contributed by atoms with E-state index in [1.807, 2.05) is 0 Å². The standard InChI is InChI=1S/C16H25NO/c1-11-8-12-9-15(18)14-5-3-7-17-6-2-4-13(12)16(14,17)10-11/h11-14H,2-10H2,1H3/t11-,12+,13-,14-,16?/m1/s1. The van der Waals surface area contributed by atoms with Gasteiger partial charge in [0, 0.05) is 17.9 Å². The van der Waals surface area contributed by atoms with Gasteiger partial charge < -0.3 is 0 Å². The van der Waals surface area contributed by atoms with Gasteiger partial charge in [-0.15, -0.1) is 0 Å². The summed E-state index contributed by atoms with van der Waals surface area (Å²) in [4.78, 5) is 15.3. The maximum atomic E-state index is 12.5. The maximum Gasteiger partial charge on any atom is 0.138 e. The molecule has 2 heteroatoms. The molecule has 5 atom stereocenters. The number of carbonyl (C=O) groups is 1. The second-order valence-corrected chi connectivity index (χ2v) is 7.40. The number of hydrogen-bond acceptors (Lipinski definition) is 2. The van der Waals surface area contributed by atoms with Gasteiger partial charge >= 0.3 is 0 Å². The first-order chi connectivity index (χ1) is 8.72. The third kappa shape index (κ3) is 1.31. The third-order valence-electron chi connectivity index (χ3n) is 6.50. The van der Waals surface area contributed by atoms with Gasteiger partial charge in [-0.3, -0.25) is 9.69 Å². The Morgan fingerprint density at radius 3 is 2.83 bits per heavy atom. The Bertz CT molecular complexity index is 377. The molecule has 2 aliphatic carbocycles. The van der Waals surface area contributed by atoms with Gasteiger partial charge in [0.25, 0.3) is 0 Å². The monoisotopic (exact) mass is 247 g/mol. The minimum absolute atomic E-state index is 0.314. The first-order valence-electron chi connectivity index (χ1n) is 7.99. The molecule has 2 nitrogen and oxygen atoms in total. The normalized spacial score (nSPS) is 51.9. The fourth-order valence-electron chi connectivity index (χ4n) is 6.18. The molecule has 2 aliphatic heterocycles. The van der Waals surface area contributed by atoms with Crippen LogP contribution in [0.25, 0.3) is 0 Å². The second kappa shape index (κ2) is 3.82. The molecule has 0 N–H and O–H groups in total. The highest BCUT2D eigenvalue weighted by Crippen LogP contribution is 2.59. The van der Waals surface area contributed by atoms with E-state index < -0.39 is 0 Å². The molecule has 18 heavy (non-hydrogen) atoms. The van der Waals surface area contributed by atoms with Crippen molar-refractivity contribution < 1.29 is 4.79 Å². The van der Waals surface area contributed by atoms with E-state index >= 15 is 0 Å². The molecule has 0 amide bonds. The average molecular weight is 247 g/mol. The van der Waals surface area contributed by atoms with Crippen LogP contribution in [0.2, 0.25) is 0 Å². The Hall–Kier alpha value is -0.370. The molecule has 0 aromatic rings. The Labute approximate surface area is 110 Å².